The van der Waals surface area contributed by atoms with Gasteiger partial charge in [-0.25, -0.2) is 0 Å². The van der Waals surface area contributed by atoms with Crippen LogP contribution in [0.5, 0.6) is 0 Å². The molecule has 0 spiro atoms. The van der Waals surface area contributed by atoms with E-state index < -0.39 is 10.8 Å². The molecule has 1 aromatic carbocycles. The number of nitro groups is 1. The monoisotopic (exact) mass is 343 g/mol. The molecule has 7 nitrogen and oxygen atoms in total. The van der Waals surface area contributed by atoms with Gasteiger partial charge in [0.05, 0.1) is 17.0 Å². The zero-order valence-electron chi connectivity index (χ0n) is 11.1. The highest BCUT2D eigenvalue weighted by Gasteiger charge is 2.20. The number of carbonyl (C=O) groups excluding carboxylic acids is 2. The lowest BCUT2D eigenvalue weighted by molar-refractivity contribution is -0.384. The summed E-state index contributed by atoms with van der Waals surface area (Å²) in [5.41, 5.74) is -0.0334. The molecule has 0 aromatic heterocycles. The molecule has 0 saturated heterocycles. The van der Waals surface area contributed by atoms with Gasteiger partial charge in [-0.05, 0) is 28.9 Å². The second-order valence-electron chi connectivity index (χ2n) is 4.04. The second kappa shape index (κ2) is 6.99. The summed E-state index contributed by atoms with van der Waals surface area (Å²) in [5.74, 6) is -0.753. The topological polar surface area (TPSA) is 92.6 Å². The first-order valence-electron chi connectivity index (χ1n) is 5.83. The standard InChI is InChI=1S/C12H14BrN3O4/c1-3-14-11(17)7-15(2)12(18)9-6-8(16(19)20)4-5-10(9)13/h4-6H,3,7H2,1-2H3,(H,14,17). The highest BCUT2D eigenvalue weighted by molar-refractivity contribution is 9.10. The average molecular weight is 344 g/mol. The van der Waals surface area contributed by atoms with Crippen molar-refractivity contribution in [1.82, 2.24) is 10.2 Å². The van der Waals surface area contributed by atoms with Crippen LogP contribution in [0.1, 0.15) is 17.3 Å². The zero-order chi connectivity index (χ0) is 15.3. The molecule has 0 unspecified atom stereocenters. The number of likely N-dealkylation sites (N-methyl/N-ethyl adjacent to an activating group) is 2. The van der Waals surface area contributed by atoms with Crippen LogP contribution in [-0.2, 0) is 4.79 Å². The van der Waals surface area contributed by atoms with E-state index in [0.29, 0.717) is 11.0 Å². The van der Waals surface area contributed by atoms with E-state index in [-0.39, 0.29) is 23.7 Å². The molecule has 2 amide bonds. The third-order valence-corrected chi connectivity index (χ3v) is 3.18. The van der Waals surface area contributed by atoms with Crippen LogP contribution in [-0.4, -0.2) is 41.8 Å². The van der Waals surface area contributed by atoms with E-state index in [1.54, 1.807) is 6.92 Å². The molecule has 8 heteroatoms. The van der Waals surface area contributed by atoms with Crippen LogP contribution in [0.2, 0.25) is 0 Å². The molecule has 0 bridgehead atoms. The Hall–Kier alpha value is -1.96. The van der Waals surface area contributed by atoms with Crippen LogP contribution in [0.25, 0.3) is 0 Å². The van der Waals surface area contributed by atoms with Gasteiger partial charge in [-0.15, -0.1) is 0 Å². The van der Waals surface area contributed by atoms with Gasteiger partial charge >= 0.3 is 0 Å². The van der Waals surface area contributed by atoms with Crippen molar-refractivity contribution in [2.24, 2.45) is 0 Å². The molecule has 0 aliphatic heterocycles. The number of amides is 2. The number of halogens is 1. The molecule has 1 aromatic rings. The van der Waals surface area contributed by atoms with Crippen LogP contribution in [0.4, 0.5) is 5.69 Å². The lowest BCUT2D eigenvalue weighted by Crippen LogP contribution is -2.38. The van der Waals surface area contributed by atoms with Gasteiger partial charge in [0, 0.05) is 30.2 Å². The number of nitro benzene ring substituents is 1. The van der Waals surface area contributed by atoms with Crippen molar-refractivity contribution in [3.05, 3.63) is 38.3 Å². The van der Waals surface area contributed by atoms with E-state index in [1.165, 1.54) is 30.1 Å². The van der Waals surface area contributed by atoms with E-state index in [9.17, 15) is 19.7 Å². The first-order chi connectivity index (χ1) is 9.36. The van der Waals surface area contributed by atoms with Crippen molar-refractivity contribution in [3.8, 4) is 0 Å². The number of rotatable bonds is 5. The van der Waals surface area contributed by atoms with Gasteiger partial charge in [0.1, 0.15) is 0 Å². The SMILES string of the molecule is CCNC(=O)CN(C)C(=O)c1cc([N+](=O)[O-])ccc1Br. The normalized spacial score (nSPS) is 9.95. The Balaban J connectivity index is 2.93. The number of carbonyl (C=O) groups is 2. The first-order valence-corrected chi connectivity index (χ1v) is 6.62. The highest BCUT2D eigenvalue weighted by atomic mass is 79.9. The summed E-state index contributed by atoms with van der Waals surface area (Å²) in [6, 6.07) is 3.91. The molecule has 0 aliphatic rings. The Kier molecular flexibility index (Phi) is 5.63. The summed E-state index contributed by atoms with van der Waals surface area (Å²) >= 11 is 3.17. The molecule has 0 radical (unpaired) electrons. The fourth-order valence-electron chi connectivity index (χ4n) is 1.54. The molecule has 108 valence electrons. The van der Waals surface area contributed by atoms with Crippen molar-refractivity contribution < 1.29 is 14.5 Å². The molecule has 0 fully saturated rings. The van der Waals surface area contributed by atoms with E-state index in [4.69, 9.17) is 0 Å². The molecule has 0 atom stereocenters. The van der Waals surface area contributed by atoms with Crippen LogP contribution >= 0.6 is 15.9 Å². The molecule has 0 heterocycles. The summed E-state index contributed by atoms with van der Waals surface area (Å²) in [4.78, 5) is 34.9. The van der Waals surface area contributed by atoms with E-state index >= 15 is 0 Å². The Bertz CT molecular complexity index is 548. The summed E-state index contributed by atoms with van der Waals surface area (Å²) in [6.07, 6.45) is 0. The smallest absolute Gasteiger partial charge is 0.270 e. The molecular weight excluding hydrogens is 330 g/mol. The molecular formula is C12H14BrN3O4. The van der Waals surface area contributed by atoms with E-state index in [0.717, 1.165) is 0 Å². The third-order valence-electron chi connectivity index (χ3n) is 2.49. The Morgan fingerprint density at radius 3 is 2.65 bits per heavy atom. The molecule has 0 saturated carbocycles. The van der Waals surface area contributed by atoms with Gasteiger partial charge in [-0.1, -0.05) is 0 Å². The van der Waals surface area contributed by atoms with Crippen molar-refractivity contribution >= 4 is 33.4 Å². The second-order valence-corrected chi connectivity index (χ2v) is 4.89. The largest absolute Gasteiger partial charge is 0.355 e. The van der Waals surface area contributed by atoms with Gasteiger partial charge in [0.15, 0.2) is 0 Å². The Labute approximate surface area is 124 Å². The maximum Gasteiger partial charge on any atom is 0.270 e. The van der Waals surface area contributed by atoms with Crippen molar-refractivity contribution in [2.75, 3.05) is 20.1 Å². The van der Waals surface area contributed by atoms with Gasteiger partial charge < -0.3 is 10.2 Å². The average Bonchev–Trinajstić information content (AvgIpc) is 2.38. The number of non-ortho nitro benzene ring substituents is 1. The minimum Gasteiger partial charge on any atom is -0.355 e. The summed E-state index contributed by atoms with van der Waals surface area (Å²) in [5, 5.41) is 13.3. The van der Waals surface area contributed by atoms with E-state index in [1.807, 2.05) is 0 Å². The van der Waals surface area contributed by atoms with Crippen LogP contribution in [0.3, 0.4) is 0 Å². The summed E-state index contributed by atoms with van der Waals surface area (Å²) in [7, 11) is 1.46. The molecule has 20 heavy (non-hydrogen) atoms. The van der Waals surface area contributed by atoms with Crippen molar-refractivity contribution in [3.63, 3.8) is 0 Å². The van der Waals surface area contributed by atoms with Crippen molar-refractivity contribution in [2.45, 2.75) is 6.92 Å². The van der Waals surface area contributed by atoms with Gasteiger partial charge in [0.2, 0.25) is 5.91 Å². The van der Waals surface area contributed by atoms with E-state index in [2.05, 4.69) is 21.2 Å². The maximum atomic E-state index is 12.2. The van der Waals surface area contributed by atoms with Crippen LogP contribution in [0, 0.1) is 10.1 Å². The minimum absolute atomic E-state index is 0.109. The maximum absolute atomic E-state index is 12.2. The Morgan fingerprint density at radius 2 is 2.10 bits per heavy atom. The van der Waals surface area contributed by atoms with Crippen LogP contribution < -0.4 is 5.32 Å². The van der Waals surface area contributed by atoms with Gasteiger partial charge in [-0.3, -0.25) is 19.7 Å². The quantitative estimate of drug-likeness (QED) is 0.648. The van der Waals surface area contributed by atoms with Gasteiger partial charge in [0.25, 0.3) is 11.6 Å². The van der Waals surface area contributed by atoms with Crippen molar-refractivity contribution in [1.29, 1.82) is 0 Å². The lowest BCUT2D eigenvalue weighted by Gasteiger charge is -2.17. The van der Waals surface area contributed by atoms with Gasteiger partial charge in [-0.2, -0.15) is 0 Å². The predicted octanol–water partition coefficient (Wildman–Crippen LogP) is 1.57. The Morgan fingerprint density at radius 1 is 1.45 bits per heavy atom. The lowest BCUT2D eigenvalue weighted by atomic mass is 10.2. The highest BCUT2D eigenvalue weighted by Crippen LogP contribution is 2.23. The molecule has 1 N–H and O–H groups in total. The minimum atomic E-state index is -0.576. The third kappa shape index (κ3) is 4.02. The summed E-state index contributed by atoms with van der Waals surface area (Å²) < 4.78 is 0.441. The molecule has 1 rings (SSSR count). The molecule has 0 aliphatic carbocycles. The number of nitrogens with zero attached hydrogens (tertiary/aromatic N) is 2. The number of hydrogen-bond acceptors (Lipinski definition) is 4. The van der Waals surface area contributed by atoms with Crippen LogP contribution in [0.15, 0.2) is 22.7 Å². The number of hydrogen-bond donors (Lipinski definition) is 1. The number of benzene rings is 1. The predicted molar refractivity (Wildman–Crippen MR) is 76.4 cm³/mol. The fourth-order valence-corrected chi connectivity index (χ4v) is 1.95. The fraction of sp³-hybridized carbons (Fsp3) is 0.333. The number of nitrogens with one attached hydrogen (secondary N) is 1. The first kappa shape index (κ1) is 16.1. The summed E-state index contributed by atoms with van der Waals surface area (Å²) in [6.45, 7) is 2.14. The zero-order valence-corrected chi connectivity index (χ0v) is 12.6.